The Bertz CT molecular complexity index is 709. The van der Waals surface area contributed by atoms with Gasteiger partial charge in [0.05, 0.1) is 11.2 Å². The topological polar surface area (TPSA) is 71.1 Å². The molecule has 0 aliphatic carbocycles. The van der Waals surface area contributed by atoms with Crippen LogP contribution in [0.2, 0.25) is 0 Å². The lowest BCUT2D eigenvalue weighted by Gasteiger charge is -2.17. The van der Waals surface area contributed by atoms with Crippen molar-refractivity contribution in [3.8, 4) is 0 Å². The Balaban J connectivity index is 1.76. The van der Waals surface area contributed by atoms with Crippen LogP contribution >= 0.6 is 11.3 Å². The summed E-state index contributed by atoms with van der Waals surface area (Å²) in [5.74, 6) is -0.108. The van der Waals surface area contributed by atoms with Gasteiger partial charge in [0.1, 0.15) is 4.88 Å². The van der Waals surface area contributed by atoms with Gasteiger partial charge in [-0.15, -0.1) is 11.3 Å². The van der Waals surface area contributed by atoms with Crippen LogP contribution in [-0.4, -0.2) is 16.8 Å². The number of nitrogens with one attached hydrogen (secondary N) is 2. The molecule has 1 aromatic carbocycles. The summed E-state index contributed by atoms with van der Waals surface area (Å²) in [4.78, 5) is 28.3. The van der Waals surface area contributed by atoms with Gasteiger partial charge in [0, 0.05) is 17.8 Å². The van der Waals surface area contributed by atoms with Gasteiger partial charge in [0.2, 0.25) is 5.91 Å². The highest BCUT2D eigenvalue weighted by Crippen LogP contribution is 2.26. The van der Waals surface area contributed by atoms with Gasteiger partial charge in [0.25, 0.3) is 5.91 Å². The van der Waals surface area contributed by atoms with Crippen LogP contribution in [0.1, 0.15) is 33.6 Å². The molecule has 1 aliphatic rings. The van der Waals surface area contributed by atoms with Gasteiger partial charge in [-0.1, -0.05) is 6.92 Å². The van der Waals surface area contributed by atoms with Gasteiger partial charge in [0.15, 0.2) is 0 Å². The minimum absolute atomic E-state index is 0.0380. The molecule has 2 N–H and O–H groups in total. The van der Waals surface area contributed by atoms with Crippen LogP contribution in [0.5, 0.6) is 0 Å². The van der Waals surface area contributed by atoms with Crippen molar-refractivity contribution in [3.63, 3.8) is 0 Å². The fourth-order valence-corrected chi connectivity index (χ4v) is 2.99. The monoisotopic (exact) mass is 301 g/mol. The Morgan fingerprint density at radius 1 is 1.43 bits per heavy atom. The Hall–Kier alpha value is -2.21. The summed E-state index contributed by atoms with van der Waals surface area (Å²) < 4.78 is 0. The molecular weight excluding hydrogens is 286 g/mol. The number of aromatic nitrogens is 1. The second kappa shape index (κ2) is 5.65. The van der Waals surface area contributed by atoms with Crippen molar-refractivity contribution >= 4 is 34.5 Å². The molecule has 0 spiro atoms. The molecule has 2 aromatic rings. The van der Waals surface area contributed by atoms with Gasteiger partial charge >= 0.3 is 0 Å². The van der Waals surface area contributed by atoms with Crippen molar-refractivity contribution in [2.24, 2.45) is 0 Å². The Morgan fingerprint density at radius 2 is 2.29 bits per heavy atom. The van der Waals surface area contributed by atoms with E-state index in [2.05, 4.69) is 15.6 Å². The van der Waals surface area contributed by atoms with Crippen molar-refractivity contribution in [2.45, 2.75) is 26.2 Å². The zero-order valence-corrected chi connectivity index (χ0v) is 12.4. The fourth-order valence-electron chi connectivity index (χ4n) is 2.23. The summed E-state index contributed by atoms with van der Waals surface area (Å²) in [6.45, 7) is 2.01. The second-order valence-corrected chi connectivity index (χ2v) is 5.96. The van der Waals surface area contributed by atoms with E-state index in [1.54, 1.807) is 12.3 Å². The number of thiazole rings is 1. The lowest BCUT2D eigenvalue weighted by atomic mass is 10.0. The third-order valence-corrected chi connectivity index (χ3v) is 4.48. The molecule has 2 heterocycles. The molecule has 21 heavy (non-hydrogen) atoms. The van der Waals surface area contributed by atoms with E-state index < -0.39 is 0 Å². The first-order valence-electron chi connectivity index (χ1n) is 6.84. The highest BCUT2D eigenvalue weighted by molar-refractivity contribution is 7.13. The van der Waals surface area contributed by atoms with Crippen LogP contribution in [0.15, 0.2) is 24.4 Å². The number of carbonyl (C=O) groups excluding carboxylic acids is 2. The summed E-state index contributed by atoms with van der Waals surface area (Å²) in [5.41, 5.74) is 2.61. The number of amides is 2. The van der Waals surface area contributed by atoms with E-state index >= 15 is 0 Å². The van der Waals surface area contributed by atoms with Crippen LogP contribution < -0.4 is 10.6 Å². The zero-order chi connectivity index (χ0) is 14.8. The lowest BCUT2D eigenvalue weighted by Crippen LogP contribution is -2.19. The number of hydrogen-bond donors (Lipinski definition) is 2. The number of carbonyl (C=O) groups is 2. The van der Waals surface area contributed by atoms with Crippen molar-refractivity contribution < 1.29 is 9.59 Å². The predicted octanol–water partition coefficient (Wildman–Crippen LogP) is 2.84. The molecule has 0 saturated carbocycles. The highest BCUT2D eigenvalue weighted by Gasteiger charge is 2.16. The van der Waals surface area contributed by atoms with Crippen LogP contribution in [0.4, 0.5) is 11.4 Å². The first kappa shape index (κ1) is 13.8. The molecule has 5 nitrogen and oxygen atoms in total. The van der Waals surface area contributed by atoms with E-state index in [1.165, 1.54) is 11.3 Å². The summed E-state index contributed by atoms with van der Waals surface area (Å²) >= 11 is 1.41. The van der Waals surface area contributed by atoms with Crippen LogP contribution in [0.25, 0.3) is 0 Å². The quantitative estimate of drug-likeness (QED) is 0.915. The average molecular weight is 301 g/mol. The van der Waals surface area contributed by atoms with Crippen LogP contribution in [0.3, 0.4) is 0 Å². The van der Waals surface area contributed by atoms with Gasteiger partial charge < -0.3 is 10.6 Å². The number of fused-ring (bicyclic) bond motifs is 1. The van der Waals surface area contributed by atoms with E-state index in [9.17, 15) is 9.59 Å². The van der Waals surface area contributed by atoms with Gasteiger partial charge in [-0.05, 0) is 36.6 Å². The molecule has 0 radical (unpaired) electrons. The van der Waals surface area contributed by atoms with Gasteiger partial charge in [-0.2, -0.15) is 0 Å². The molecule has 0 fully saturated rings. The van der Waals surface area contributed by atoms with Gasteiger partial charge in [-0.25, -0.2) is 4.98 Å². The summed E-state index contributed by atoms with van der Waals surface area (Å²) in [5, 5.41) is 6.65. The summed E-state index contributed by atoms with van der Waals surface area (Å²) in [6.07, 6.45) is 3.62. The Labute approximate surface area is 126 Å². The zero-order valence-electron chi connectivity index (χ0n) is 11.6. The molecular formula is C15H15N3O2S. The number of aryl methyl sites for hydroxylation is 2. The summed E-state index contributed by atoms with van der Waals surface area (Å²) in [6, 6.07) is 5.53. The Morgan fingerprint density at radius 3 is 3.05 bits per heavy atom. The molecule has 0 unspecified atom stereocenters. The van der Waals surface area contributed by atoms with E-state index in [0.29, 0.717) is 17.7 Å². The maximum absolute atomic E-state index is 12.2. The molecule has 0 saturated heterocycles. The first-order valence-corrected chi connectivity index (χ1v) is 7.66. The van der Waals surface area contributed by atoms with E-state index in [-0.39, 0.29) is 11.8 Å². The largest absolute Gasteiger partial charge is 0.326 e. The number of rotatable bonds is 3. The number of hydrogen-bond acceptors (Lipinski definition) is 4. The fraction of sp³-hybridized carbons (Fsp3) is 0.267. The van der Waals surface area contributed by atoms with Crippen LogP contribution in [0, 0.1) is 0 Å². The number of benzene rings is 1. The molecule has 3 rings (SSSR count). The van der Waals surface area contributed by atoms with Gasteiger partial charge in [-0.3, -0.25) is 9.59 Å². The van der Waals surface area contributed by atoms with E-state index in [4.69, 9.17) is 0 Å². The molecule has 0 atom stereocenters. The molecule has 108 valence electrons. The van der Waals surface area contributed by atoms with E-state index in [0.717, 1.165) is 28.4 Å². The number of anilines is 2. The molecule has 2 amide bonds. The minimum Gasteiger partial charge on any atom is -0.326 e. The maximum atomic E-state index is 12.2. The third kappa shape index (κ3) is 2.95. The smallest absolute Gasteiger partial charge is 0.267 e. The molecule has 0 bridgehead atoms. The van der Waals surface area contributed by atoms with Crippen molar-refractivity contribution in [1.82, 2.24) is 4.98 Å². The second-order valence-electron chi connectivity index (χ2n) is 4.85. The third-order valence-electron chi connectivity index (χ3n) is 3.34. The van der Waals surface area contributed by atoms with Crippen molar-refractivity contribution in [2.75, 3.05) is 10.6 Å². The predicted molar refractivity (Wildman–Crippen MR) is 82.8 cm³/mol. The van der Waals surface area contributed by atoms with E-state index in [1.807, 2.05) is 19.1 Å². The normalized spacial score (nSPS) is 13.5. The minimum atomic E-state index is -0.146. The molecule has 1 aromatic heterocycles. The lowest BCUT2D eigenvalue weighted by molar-refractivity contribution is -0.116. The van der Waals surface area contributed by atoms with Crippen molar-refractivity contribution in [3.05, 3.63) is 39.8 Å². The SMILES string of the molecule is CCc1ncc(C(=O)Nc2ccc3c(c2)CCC(=O)N3)s1. The molecule has 6 heteroatoms. The standard InChI is InChI=1S/C15H15N3O2S/c1-2-14-16-8-12(21-14)15(20)17-10-4-5-11-9(7-10)3-6-13(19)18-11/h4-5,7-8H,2-3,6H2,1H3,(H,17,20)(H,18,19). The highest BCUT2D eigenvalue weighted by atomic mass is 32.1. The average Bonchev–Trinajstić information content (AvgIpc) is 2.96. The molecule has 1 aliphatic heterocycles. The number of nitrogens with zero attached hydrogens (tertiary/aromatic N) is 1. The van der Waals surface area contributed by atoms with Crippen LogP contribution in [-0.2, 0) is 17.6 Å². The maximum Gasteiger partial charge on any atom is 0.267 e. The summed E-state index contributed by atoms with van der Waals surface area (Å²) in [7, 11) is 0. The van der Waals surface area contributed by atoms with Crippen molar-refractivity contribution in [1.29, 1.82) is 0 Å². The Kier molecular flexibility index (Phi) is 3.70. The first-order chi connectivity index (χ1) is 10.2.